The highest BCUT2D eigenvalue weighted by Crippen LogP contribution is 2.22. The maximum atomic E-state index is 13.1. The van der Waals surface area contributed by atoms with E-state index < -0.39 is 0 Å². The van der Waals surface area contributed by atoms with E-state index in [1.807, 2.05) is 49.5 Å². The van der Waals surface area contributed by atoms with Crippen molar-refractivity contribution in [3.8, 4) is 0 Å². The van der Waals surface area contributed by atoms with Gasteiger partial charge in [-0.2, -0.15) is 0 Å². The number of nitrogens with one attached hydrogen (secondary N) is 1. The highest BCUT2D eigenvalue weighted by molar-refractivity contribution is 6.10. The Morgan fingerprint density at radius 2 is 1.73 bits per heavy atom. The van der Waals surface area contributed by atoms with Crippen LogP contribution in [-0.2, 0) is 0 Å². The van der Waals surface area contributed by atoms with E-state index in [9.17, 15) is 9.18 Å². The minimum Gasteiger partial charge on any atom is -0.369 e. The second kappa shape index (κ2) is 6.92. The highest BCUT2D eigenvalue weighted by atomic mass is 19.1. The van der Waals surface area contributed by atoms with Gasteiger partial charge in [-0.05, 0) is 37.3 Å². The summed E-state index contributed by atoms with van der Waals surface area (Å²) in [6.45, 7) is 5.27. The molecule has 1 aromatic heterocycles. The number of hydrogen-bond donors (Lipinski definition) is 1. The van der Waals surface area contributed by atoms with Gasteiger partial charge in [-0.15, -0.1) is 0 Å². The van der Waals surface area contributed by atoms with Gasteiger partial charge < -0.3 is 9.88 Å². The molecule has 0 amide bonds. The molecule has 4 rings (SSSR count). The van der Waals surface area contributed by atoms with E-state index in [4.69, 9.17) is 0 Å². The van der Waals surface area contributed by atoms with E-state index in [2.05, 4.69) is 14.8 Å². The van der Waals surface area contributed by atoms with E-state index in [0.717, 1.165) is 48.3 Å². The number of carbonyl (C=O) groups is 1. The Morgan fingerprint density at radius 1 is 1.04 bits per heavy atom. The Balaban J connectivity index is 1.44. The number of aromatic nitrogens is 1. The summed E-state index contributed by atoms with van der Waals surface area (Å²) in [5.74, 6) is -0.0667. The fraction of sp³-hybridized carbons (Fsp3) is 0.286. The van der Waals surface area contributed by atoms with Crippen LogP contribution in [0, 0.1) is 5.82 Å². The van der Waals surface area contributed by atoms with Crippen molar-refractivity contribution in [2.24, 2.45) is 0 Å². The molecule has 1 aliphatic heterocycles. The summed E-state index contributed by atoms with van der Waals surface area (Å²) in [5.41, 5.74) is 2.78. The van der Waals surface area contributed by atoms with Gasteiger partial charge in [0.05, 0.1) is 6.04 Å². The molecule has 0 radical (unpaired) electrons. The molecule has 4 nitrogen and oxygen atoms in total. The lowest BCUT2D eigenvalue weighted by Gasteiger charge is -2.38. The van der Waals surface area contributed by atoms with Crippen molar-refractivity contribution in [1.29, 1.82) is 0 Å². The number of para-hydroxylation sites is 1. The number of rotatable bonds is 4. The molecule has 0 bridgehead atoms. The molecular formula is C21H22FN3O. The first kappa shape index (κ1) is 16.8. The minimum atomic E-state index is -0.217. The first-order chi connectivity index (χ1) is 12.6. The predicted octanol–water partition coefficient (Wildman–Crippen LogP) is 3.70. The molecule has 1 aliphatic rings. The van der Waals surface area contributed by atoms with Crippen molar-refractivity contribution in [3.63, 3.8) is 0 Å². The maximum Gasteiger partial charge on any atom is 0.181 e. The second-order valence-electron chi connectivity index (χ2n) is 6.79. The normalized spacial score (nSPS) is 16.8. The Hall–Kier alpha value is -2.66. The topological polar surface area (TPSA) is 39.3 Å². The molecular weight excluding hydrogens is 329 g/mol. The molecule has 26 heavy (non-hydrogen) atoms. The van der Waals surface area contributed by atoms with Crippen LogP contribution >= 0.6 is 0 Å². The van der Waals surface area contributed by atoms with Gasteiger partial charge in [0, 0.05) is 54.5 Å². The SMILES string of the molecule is C[C@H](C(=O)c1c[nH]c2ccccc12)N1CCN(c2ccc(F)cc2)CC1. The number of aromatic amines is 1. The maximum absolute atomic E-state index is 13.1. The first-order valence-electron chi connectivity index (χ1n) is 8.98. The van der Waals surface area contributed by atoms with Gasteiger partial charge in [-0.25, -0.2) is 4.39 Å². The van der Waals surface area contributed by atoms with Crippen LogP contribution in [0.25, 0.3) is 10.9 Å². The summed E-state index contributed by atoms with van der Waals surface area (Å²) >= 11 is 0. The van der Waals surface area contributed by atoms with Crippen molar-refractivity contribution in [2.75, 3.05) is 31.1 Å². The smallest absolute Gasteiger partial charge is 0.181 e. The third-order valence-electron chi connectivity index (χ3n) is 5.29. The fourth-order valence-corrected chi connectivity index (χ4v) is 3.69. The van der Waals surface area contributed by atoms with E-state index >= 15 is 0 Å². The number of benzene rings is 2. The predicted molar refractivity (Wildman–Crippen MR) is 102 cm³/mol. The number of Topliss-reactive ketones (excluding diaryl/α,β-unsaturated/α-hetero) is 1. The molecule has 1 fully saturated rings. The molecule has 2 aromatic carbocycles. The van der Waals surface area contributed by atoms with Crippen LogP contribution in [-0.4, -0.2) is 47.9 Å². The summed E-state index contributed by atoms with van der Waals surface area (Å²) in [5, 5.41) is 0.981. The number of halogens is 1. The summed E-state index contributed by atoms with van der Waals surface area (Å²) in [6, 6.07) is 14.3. The number of piperazine rings is 1. The Labute approximate surface area is 152 Å². The van der Waals surface area contributed by atoms with Crippen molar-refractivity contribution in [1.82, 2.24) is 9.88 Å². The van der Waals surface area contributed by atoms with Crippen LogP contribution < -0.4 is 4.90 Å². The fourth-order valence-electron chi connectivity index (χ4n) is 3.69. The van der Waals surface area contributed by atoms with E-state index in [1.54, 1.807) is 0 Å². The quantitative estimate of drug-likeness (QED) is 0.729. The zero-order chi connectivity index (χ0) is 18.1. The molecule has 2 heterocycles. The van der Waals surface area contributed by atoms with Gasteiger partial charge in [0.2, 0.25) is 0 Å². The van der Waals surface area contributed by atoms with Gasteiger partial charge in [0.1, 0.15) is 5.82 Å². The number of ketones is 1. The van der Waals surface area contributed by atoms with Gasteiger partial charge >= 0.3 is 0 Å². The number of fused-ring (bicyclic) bond motifs is 1. The number of hydrogen-bond acceptors (Lipinski definition) is 3. The van der Waals surface area contributed by atoms with Crippen molar-refractivity contribution >= 4 is 22.4 Å². The molecule has 0 aliphatic carbocycles. The zero-order valence-corrected chi connectivity index (χ0v) is 14.8. The second-order valence-corrected chi connectivity index (χ2v) is 6.79. The lowest BCUT2D eigenvalue weighted by Crippen LogP contribution is -2.51. The van der Waals surface area contributed by atoms with Crippen LogP contribution in [0.2, 0.25) is 0 Å². The van der Waals surface area contributed by atoms with Crippen LogP contribution in [0.15, 0.2) is 54.7 Å². The number of nitrogens with zero attached hydrogens (tertiary/aromatic N) is 2. The number of carbonyl (C=O) groups excluding carboxylic acids is 1. The molecule has 1 N–H and O–H groups in total. The molecule has 0 spiro atoms. The minimum absolute atomic E-state index is 0.151. The van der Waals surface area contributed by atoms with Crippen LogP contribution in [0.1, 0.15) is 17.3 Å². The molecule has 3 aromatic rings. The Morgan fingerprint density at radius 3 is 2.46 bits per heavy atom. The third kappa shape index (κ3) is 3.10. The first-order valence-corrected chi connectivity index (χ1v) is 8.98. The van der Waals surface area contributed by atoms with Crippen molar-refractivity contribution < 1.29 is 9.18 Å². The average molecular weight is 351 g/mol. The van der Waals surface area contributed by atoms with Gasteiger partial charge in [-0.1, -0.05) is 18.2 Å². The molecule has 0 unspecified atom stereocenters. The molecule has 0 saturated carbocycles. The van der Waals surface area contributed by atoms with E-state index in [1.165, 1.54) is 12.1 Å². The standard InChI is InChI=1S/C21H22FN3O/c1-15(21(26)19-14-23-20-5-3-2-4-18(19)20)24-10-12-25(13-11-24)17-8-6-16(22)7-9-17/h2-9,14-15,23H,10-13H2,1H3/t15-/m1/s1. The summed E-state index contributed by atoms with van der Waals surface area (Å²) in [7, 11) is 0. The highest BCUT2D eigenvalue weighted by Gasteiger charge is 2.27. The molecule has 134 valence electrons. The zero-order valence-electron chi connectivity index (χ0n) is 14.8. The van der Waals surface area contributed by atoms with Crippen LogP contribution in [0.4, 0.5) is 10.1 Å². The summed E-state index contributed by atoms with van der Waals surface area (Å²) in [4.78, 5) is 20.6. The van der Waals surface area contributed by atoms with Crippen molar-refractivity contribution in [2.45, 2.75) is 13.0 Å². The lowest BCUT2D eigenvalue weighted by atomic mass is 10.0. The Bertz CT molecular complexity index is 910. The van der Waals surface area contributed by atoms with Crippen LogP contribution in [0.3, 0.4) is 0 Å². The number of anilines is 1. The third-order valence-corrected chi connectivity index (χ3v) is 5.29. The van der Waals surface area contributed by atoms with E-state index in [-0.39, 0.29) is 17.6 Å². The largest absolute Gasteiger partial charge is 0.369 e. The number of H-pyrrole nitrogens is 1. The van der Waals surface area contributed by atoms with Crippen LogP contribution in [0.5, 0.6) is 0 Å². The Kier molecular flexibility index (Phi) is 4.47. The van der Waals surface area contributed by atoms with Gasteiger partial charge in [0.25, 0.3) is 0 Å². The van der Waals surface area contributed by atoms with E-state index in [0.29, 0.717) is 0 Å². The summed E-state index contributed by atoms with van der Waals surface area (Å²) < 4.78 is 13.1. The van der Waals surface area contributed by atoms with Gasteiger partial charge in [-0.3, -0.25) is 9.69 Å². The summed E-state index contributed by atoms with van der Waals surface area (Å²) in [6.07, 6.45) is 1.82. The van der Waals surface area contributed by atoms with Gasteiger partial charge in [0.15, 0.2) is 5.78 Å². The van der Waals surface area contributed by atoms with Crippen molar-refractivity contribution in [3.05, 3.63) is 66.1 Å². The molecule has 1 atom stereocenters. The molecule has 1 saturated heterocycles. The monoisotopic (exact) mass is 351 g/mol. The average Bonchev–Trinajstić information content (AvgIpc) is 3.12. The molecule has 5 heteroatoms. The lowest BCUT2D eigenvalue weighted by molar-refractivity contribution is 0.0831.